The van der Waals surface area contributed by atoms with Crippen LogP contribution in [-0.2, 0) is 9.59 Å². The fourth-order valence-electron chi connectivity index (χ4n) is 6.01. The first kappa shape index (κ1) is 21.2. The van der Waals surface area contributed by atoms with Crippen molar-refractivity contribution in [2.24, 2.45) is 17.8 Å². The van der Waals surface area contributed by atoms with Gasteiger partial charge in [0.05, 0.1) is 18.3 Å². The van der Waals surface area contributed by atoms with Crippen LogP contribution in [0.4, 0.5) is 18.9 Å². The minimum Gasteiger partial charge on any atom is -0.349 e. The van der Waals surface area contributed by atoms with Crippen molar-refractivity contribution in [1.82, 2.24) is 10.2 Å². The number of hydrogen-bond donors (Lipinski definition) is 2. The van der Waals surface area contributed by atoms with E-state index >= 15 is 0 Å². The van der Waals surface area contributed by atoms with E-state index in [2.05, 4.69) is 10.6 Å². The van der Waals surface area contributed by atoms with E-state index in [1.54, 1.807) is 18.9 Å². The number of likely N-dealkylation sites (N-methyl/N-ethyl adjacent to an activating group) is 1. The number of carbonyl (C=O) groups excluding carboxylic acids is 2. The van der Waals surface area contributed by atoms with Crippen LogP contribution in [0.1, 0.15) is 45.4 Å². The van der Waals surface area contributed by atoms with Crippen LogP contribution in [-0.4, -0.2) is 41.9 Å². The van der Waals surface area contributed by atoms with Gasteiger partial charge in [0.2, 0.25) is 11.8 Å². The topological polar surface area (TPSA) is 61.4 Å². The molecule has 0 saturated heterocycles. The van der Waals surface area contributed by atoms with Crippen molar-refractivity contribution in [2.45, 2.75) is 57.0 Å². The molecule has 2 N–H and O–H groups in total. The smallest absolute Gasteiger partial charge is 0.238 e. The van der Waals surface area contributed by atoms with Crippen molar-refractivity contribution in [3.8, 4) is 0 Å². The highest BCUT2D eigenvalue weighted by molar-refractivity contribution is 5.93. The summed E-state index contributed by atoms with van der Waals surface area (Å²) in [5.41, 5.74) is -0.546. The van der Waals surface area contributed by atoms with Crippen molar-refractivity contribution in [2.75, 3.05) is 18.9 Å². The molecule has 4 saturated carbocycles. The van der Waals surface area contributed by atoms with Crippen LogP contribution in [0.2, 0.25) is 0 Å². The van der Waals surface area contributed by atoms with E-state index in [-0.39, 0.29) is 18.0 Å². The molecule has 0 aliphatic heterocycles. The molecule has 5 rings (SSSR count). The molecule has 8 heteroatoms. The van der Waals surface area contributed by atoms with E-state index < -0.39 is 35.1 Å². The van der Waals surface area contributed by atoms with Gasteiger partial charge < -0.3 is 10.6 Å². The summed E-state index contributed by atoms with van der Waals surface area (Å²) in [7, 11) is 1.63. The van der Waals surface area contributed by atoms with Gasteiger partial charge in [0.25, 0.3) is 0 Å². The Labute approximate surface area is 174 Å². The molecule has 4 aliphatic rings. The average Bonchev–Trinajstić information content (AvgIpc) is 2.66. The highest BCUT2D eigenvalue weighted by Crippen LogP contribution is 2.55. The second kappa shape index (κ2) is 7.87. The monoisotopic (exact) mass is 423 g/mol. The lowest BCUT2D eigenvalue weighted by atomic mass is 9.53. The number of benzene rings is 1. The first-order valence-corrected chi connectivity index (χ1v) is 10.6. The van der Waals surface area contributed by atoms with Gasteiger partial charge in [-0.3, -0.25) is 14.5 Å². The van der Waals surface area contributed by atoms with E-state index in [9.17, 15) is 22.8 Å². The van der Waals surface area contributed by atoms with Gasteiger partial charge in [0.15, 0.2) is 17.5 Å². The number of hydrogen-bond acceptors (Lipinski definition) is 3. The third kappa shape index (κ3) is 4.06. The number of nitrogens with zero attached hydrogens (tertiary/aromatic N) is 1. The molecule has 0 spiro atoms. The molecule has 5 nitrogen and oxygen atoms in total. The van der Waals surface area contributed by atoms with Crippen molar-refractivity contribution < 1.29 is 22.8 Å². The molecular formula is C22H28F3N3O2. The van der Waals surface area contributed by atoms with Gasteiger partial charge in [0.1, 0.15) is 0 Å². The Morgan fingerprint density at radius 2 is 1.63 bits per heavy atom. The van der Waals surface area contributed by atoms with Crippen LogP contribution in [0.25, 0.3) is 0 Å². The zero-order chi connectivity index (χ0) is 21.6. The molecule has 2 amide bonds. The van der Waals surface area contributed by atoms with Crippen molar-refractivity contribution in [1.29, 1.82) is 0 Å². The Hall–Kier alpha value is -2.09. The first-order valence-electron chi connectivity index (χ1n) is 10.6. The summed E-state index contributed by atoms with van der Waals surface area (Å²) in [4.78, 5) is 26.7. The quantitative estimate of drug-likeness (QED) is 0.689. The predicted molar refractivity (Wildman–Crippen MR) is 106 cm³/mol. The highest BCUT2D eigenvalue weighted by atomic mass is 19.2. The van der Waals surface area contributed by atoms with Crippen LogP contribution in [0.15, 0.2) is 12.1 Å². The average molecular weight is 423 g/mol. The van der Waals surface area contributed by atoms with Crippen LogP contribution >= 0.6 is 0 Å². The molecule has 4 bridgehead atoms. The van der Waals surface area contributed by atoms with Gasteiger partial charge in [0, 0.05) is 5.54 Å². The summed E-state index contributed by atoms with van der Waals surface area (Å²) in [6, 6.07) is 1.16. The summed E-state index contributed by atoms with van der Waals surface area (Å²) >= 11 is 0. The van der Waals surface area contributed by atoms with E-state index in [1.807, 2.05) is 0 Å². The molecule has 164 valence electrons. The third-order valence-electron chi connectivity index (χ3n) is 7.17. The predicted octanol–water partition coefficient (Wildman–Crippen LogP) is 3.45. The van der Waals surface area contributed by atoms with Crippen LogP contribution in [0.5, 0.6) is 0 Å². The molecule has 1 aromatic rings. The number of carbonyl (C=O) groups is 2. The normalized spacial score (nSPS) is 30.4. The Kier molecular flexibility index (Phi) is 5.55. The maximum atomic E-state index is 13.8. The van der Waals surface area contributed by atoms with E-state index in [0.717, 1.165) is 31.4 Å². The molecule has 0 unspecified atom stereocenters. The molecule has 4 fully saturated rings. The van der Waals surface area contributed by atoms with E-state index in [4.69, 9.17) is 0 Å². The number of rotatable bonds is 6. The fraction of sp³-hybridized carbons (Fsp3) is 0.636. The Morgan fingerprint density at radius 3 is 2.20 bits per heavy atom. The first-order chi connectivity index (χ1) is 14.2. The number of amides is 2. The van der Waals surface area contributed by atoms with Crippen LogP contribution in [0.3, 0.4) is 0 Å². The van der Waals surface area contributed by atoms with Crippen molar-refractivity contribution in [3.05, 3.63) is 29.6 Å². The molecule has 30 heavy (non-hydrogen) atoms. The molecule has 1 aromatic carbocycles. The molecule has 0 aromatic heterocycles. The van der Waals surface area contributed by atoms with Gasteiger partial charge in [-0.2, -0.15) is 0 Å². The van der Waals surface area contributed by atoms with E-state index in [0.29, 0.717) is 17.8 Å². The van der Waals surface area contributed by atoms with Crippen LogP contribution < -0.4 is 10.6 Å². The van der Waals surface area contributed by atoms with Crippen molar-refractivity contribution in [3.63, 3.8) is 0 Å². The SMILES string of the molecule is C[C@@H](C(=O)NC12CC3CC(CC(C3)C1)C2)N(C)CC(=O)Nc1ccc(F)c(F)c1F. The lowest BCUT2D eigenvalue weighted by Gasteiger charge is -2.57. The largest absolute Gasteiger partial charge is 0.349 e. The van der Waals surface area contributed by atoms with E-state index in [1.165, 1.54) is 19.3 Å². The van der Waals surface area contributed by atoms with Gasteiger partial charge in [-0.1, -0.05) is 0 Å². The lowest BCUT2D eigenvalue weighted by Crippen LogP contribution is -2.62. The third-order valence-corrected chi connectivity index (χ3v) is 7.17. The summed E-state index contributed by atoms with van der Waals surface area (Å²) in [6.07, 6.45) is 6.97. The molecule has 0 heterocycles. The maximum absolute atomic E-state index is 13.8. The van der Waals surface area contributed by atoms with Gasteiger partial charge in [-0.25, -0.2) is 13.2 Å². The van der Waals surface area contributed by atoms with Gasteiger partial charge >= 0.3 is 0 Å². The van der Waals surface area contributed by atoms with Gasteiger partial charge in [-0.15, -0.1) is 0 Å². The summed E-state index contributed by atoms with van der Waals surface area (Å²) in [6.45, 7) is 1.54. The minimum atomic E-state index is -1.63. The summed E-state index contributed by atoms with van der Waals surface area (Å²) in [5.74, 6) is -3.01. The zero-order valence-electron chi connectivity index (χ0n) is 17.3. The zero-order valence-corrected chi connectivity index (χ0v) is 17.3. The highest BCUT2D eigenvalue weighted by Gasteiger charge is 2.51. The number of anilines is 1. The molecule has 1 atom stereocenters. The standard InChI is InChI=1S/C22H28F3N3O2/c1-12(21(30)27-22-8-13-5-14(9-22)7-15(6-13)10-22)28(2)11-18(29)26-17-4-3-16(23)19(24)20(17)25/h3-4,12-15H,5-11H2,1-2H3,(H,26,29)(H,27,30)/t12-,13?,14?,15?,22?/m0/s1. The summed E-state index contributed by atoms with van der Waals surface area (Å²) < 4.78 is 40.1. The Morgan fingerprint density at radius 1 is 1.07 bits per heavy atom. The van der Waals surface area contributed by atoms with Crippen molar-refractivity contribution >= 4 is 17.5 Å². The van der Waals surface area contributed by atoms with Gasteiger partial charge in [-0.05, 0) is 82.4 Å². The Bertz CT molecular complexity index is 825. The molecule has 4 aliphatic carbocycles. The second-order valence-electron chi connectivity index (χ2n) is 9.55. The second-order valence-corrected chi connectivity index (χ2v) is 9.55. The number of halogens is 3. The number of nitrogens with one attached hydrogen (secondary N) is 2. The maximum Gasteiger partial charge on any atom is 0.238 e. The fourth-order valence-corrected chi connectivity index (χ4v) is 6.01. The lowest BCUT2D eigenvalue weighted by molar-refractivity contribution is -0.131. The van der Waals surface area contributed by atoms with Crippen LogP contribution in [0, 0.1) is 35.2 Å². The minimum absolute atomic E-state index is 0.113. The Balaban J connectivity index is 1.33. The molecular weight excluding hydrogens is 395 g/mol. The summed E-state index contributed by atoms with van der Waals surface area (Å²) in [5, 5.41) is 5.52. The molecule has 0 radical (unpaired) electrons.